The zero-order valence-corrected chi connectivity index (χ0v) is 19.8. The predicted octanol–water partition coefficient (Wildman–Crippen LogP) is 5.86. The molecule has 7 aliphatic rings. The van der Waals surface area contributed by atoms with Crippen LogP contribution in [0.15, 0.2) is 0 Å². The number of carbonyl (C=O) groups is 1. The number of ether oxygens (including phenoxy) is 2. The van der Waals surface area contributed by atoms with Gasteiger partial charge in [0.15, 0.2) is 0 Å². The predicted molar refractivity (Wildman–Crippen MR) is 119 cm³/mol. The quantitative estimate of drug-likeness (QED) is 0.408. The van der Waals surface area contributed by atoms with E-state index >= 15 is 0 Å². The van der Waals surface area contributed by atoms with E-state index in [4.69, 9.17) is 9.47 Å². The normalized spacial score (nSPS) is 60.0. The fraction of sp³-hybridized carbons (Fsp3) is 0.964. The Balaban J connectivity index is 1.10. The summed E-state index contributed by atoms with van der Waals surface area (Å²) in [6.07, 6.45) is 13.4. The van der Waals surface area contributed by atoms with Crippen LogP contribution in [-0.4, -0.2) is 23.8 Å². The highest BCUT2D eigenvalue weighted by atomic mass is 16.6. The Hall–Kier alpha value is -0.570. The summed E-state index contributed by atoms with van der Waals surface area (Å²) in [6, 6.07) is 0. The Labute approximate surface area is 188 Å². The Morgan fingerprint density at radius 2 is 1.58 bits per heavy atom. The van der Waals surface area contributed by atoms with Gasteiger partial charge in [-0.2, -0.15) is 0 Å². The summed E-state index contributed by atoms with van der Waals surface area (Å²) in [5, 5.41) is 0. The molecule has 0 aromatic rings. The average molecular weight is 427 g/mol. The SMILES string of the molecule is CCC1OC(CC)C2C3CC(CC3C(=O)OC3(CC)CC4CC3C3C5CCC(C5)C43)C12. The van der Waals surface area contributed by atoms with Gasteiger partial charge >= 0.3 is 5.97 Å². The molecule has 7 rings (SSSR count). The lowest BCUT2D eigenvalue weighted by molar-refractivity contribution is -0.180. The van der Waals surface area contributed by atoms with Crippen LogP contribution in [0.4, 0.5) is 0 Å². The van der Waals surface area contributed by atoms with Crippen molar-refractivity contribution in [2.75, 3.05) is 0 Å². The van der Waals surface area contributed by atoms with Gasteiger partial charge in [0.25, 0.3) is 0 Å². The molecule has 1 aliphatic heterocycles. The lowest BCUT2D eigenvalue weighted by atomic mass is 9.65. The van der Waals surface area contributed by atoms with Crippen LogP contribution in [0, 0.1) is 65.1 Å². The van der Waals surface area contributed by atoms with E-state index in [2.05, 4.69) is 20.8 Å². The molecule has 0 aromatic heterocycles. The molecule has 0 amide bonds. The summed E-state index contributed by atoms with van der Waals surface area (Å²) in [7, 11) is 0. The summed E-state index contributed by atoms with van der Waals surface area (Å²) >= 11 is 0. The first-order valence-corrected chi connectivity index (χ1v) is 14.0. The molecule has 0 spiro atoms. The number of hydrogen-bond acceptors (Lipinski definition) is 3. The molecule has 7 fully saturated rings. The molecule has 6 saturated carbocycles. The first-order chi connectivity index (χ1) is 15.1. The van der Waals surface area contributed by atoms with E-state index in [9.17, 15) is 4.79 Å². The topological polar surface area (TPSA) is 35.5 Å². The van der Waals surface area contributed by atoms with Crippen molar-refractivity contribution in [1.29, 1.82) is 0 Å². The van der Waals surface area contributed by atoms with E-state index in [0.29, 0.717) is 41.8 Å². The lowest BCUT2D eigenvalue weighted by Crippen LogP contribution is -2.49. The number of rotatable bonds is 5. The Kier molecular flexibility index (Phi) is 4.31. The fourth-order valence-corrected chi connectivity index (χ4v) is 11.5. The molecule has 0 radical (unpaired) electrons. The summed E-state index contributed by atoms with van der Waals surface area (Å²) in [4.78, 5) is 13.8. The van der Waals surface area contributed by atoms with Crippen molar-refractivity contribution in [2.45, 2.75) is 103 Å². The number of fused-ring (bicyclic) bond motifs is 14. The second-order valence-electron chi connectivity index (χ2n) is 12.8. The first-order valence-electron chi connectivity index (χ1n) is 14.0. The first kappa shape index (κ1) is 19.9. The summed E-state index contributed by atoms with van der Waals surface area (Å²) in [5.41, 5.74) is -0.128. The smallest absolute Gasteiger partial charge is 0.309 e. The standard InChI is InChI=1S/C28H42O3/c1-4-21-25-16-10-18(26(25)22(5-2)30-21)19(11-16)27(29)31-28(6-3)13-17-12-20(28)24-15-8-7-14(9-15)23(17)24/h14-26H,4-13H2,1-3H3. The minimum Gasteiger partial charge on any atom is -0.459 e. The molecule has 31 heavy (non-hydrogen) atoms. The van der Waals surface area contributed by atoms with E-state index in [1.807, 2.05) is 0 Å². The lowest BCUT2D eigenvalue weighted by Gasteiger charge is -2.46. The molecule has 3 nitrogen and oxygen atoms in total. The van der Waals surface area contributed by atoms with Crippen LogP contribution in [0.25, 0.3) is 0 Å². The Morgan fingerprint density at radius 1 is 0.839 bits per heavy atom. The van der Waals surface area contributed by atoms with Crippen LogP contribution in [0.1, 0.15) is 85.0 Å². The zero-order valence-electron chi connectivity index (χ0n) is 19.8. The molecule has 1 saturated heterocycles. The second kappa shape index (κ2) is 6.73. The third-order valence-corrected chi connectivity index (χ3v) is 12.2. The maximum atomic E-state index is 13.8. The maximum absolute atomic E-state index is 13.8. The summed E-state index contributed by atoms with van der Waals surface area (Å²) < 4.78 is 13.2. The van der Waals surface area contributed by atoms with E-state index in [1.54, 1.807) is 0 Å². The molecule has 1 heterocycles. The van der Waals surface area contributed by atoms with Gasteiger partial charge < -0.3 is 9.47 Å². The third-order valence-electron chi connectivity index (χ3n) is 12.2. The van der Waals surface area contributed by atoms with Crippen molar-refractivity contribution in [1.82, 2.24) is 0 Å². The van der Waals surface area contributed by atoms with Crippen molar-refractivity contribution < 1.29 is 14.3 Å². The van der Waals surface area contributed by atoms with Crippen LogP contribution < -0.4 is 0 Å². The van der Waals surface area contributed by atoms with E-state index in [-0.39, 0.29) is 17.5 Å². The molecule has 6 aliphatic carbocycles. The monoisotopic (exact) mass is 426 g/mol. The Morgan fingerprint density at radius 3 is 2.32 bits per heavy atom. The minimum atomic E-state index is -0.128. The molecule has 0 N–H and O–H groups in total. The van der Waals surface area contributed by atoms with E-state index in [1.165, 1.54) is 38.5 Å². The van der Waals surface area contributed by atoms with Crippen LogP contribution in [0.3, 0.4) is 0 Å². The van der Waals surface area contributed by atoms with Gasteiger partial charge in [-0.25, -0.2) is 0 Å². The van der Waals surface area contributed by atoms with Gasteiger partial charge in [-0.15, -0.1) is 0 Å². The summed E-state index contributed by atoms with van der Waals surface area (Å²) in [6.45, 7) is 6.85. The summed E-state index contributed by atoms with van der Waals surface area (Å²) in [5.74, 6) is 8.22. The van der Waals surface area contributed by atoms with Crippen molar-refractivity contribution in [3.05, 3.63) is 0 Å². The van der Waals surface area contributed by atoms with Crippen molar-refractivity contribution in [3.8, 4) is 0 Å². The fourth-order valence-electron chi connectivity index (χ4n) is 11.5. The molecule has 0 aromatic carbocycles. The third kappa shape index (κ3) is 2.43. The van der Waals surface area contributed by atoms with Gasteiger partial charge in [-0.05, 0) is 117 Å². The van der Waals surface area contributed by atoms with Gasteiger partial charge in [-0.1, -0.05) is 20.8 Å². The zero-order chi connectivity index (χ0) is 21.1. The maximum Gasteiger partial charge on any atom is 0.309 e. The highest BCUT2D eigenvalue weighted by molar-refractivity contribution is 5.74. The van der Waals surface area contributed by atoms with Gasteiger partial charge in [0.05, 0.1) is 18.1 Å². The molecule has 172 valence electrons. The number of carbonyl (C=O) groups excluding carboxylic acids is 1. The highest BCUT2D eigenvalue weighted by Gasteiger charge is 2.69. The van der Waals surface area contributed by atoms with Crippen molar-refractivity contribution in [3.63, 3.8) is 0 Å². The Bertz CT molecular complexity index is 763. The van der Waals surface area contributed by atoms with Gasteiger partial charge in [0, 0.05) is 5.92 Å². The minimum absolute atomic E-state index is 0.128. The van der Waals surface area contributed by atoms with Crippen molar-refractivity contribution in [2.24, 2.45) is 65.1 Å². The number of hydrogen-bond donors (Lipinski definition) is 0. The van der Waals surface area contributed by atoms with Gasteiger partial charge in [-0.3, -0.25) is 4.79 Å². The molecular formula is C28H42O3. The van der Waals surface area contributed by atoms with Gasteiger partial charge in [0.1, 0.15) is 5.60 Å². The van der Waals surface area contributed by atoms with Crippen LogP contribution in [0.2, 0.25) is 0 Å². The van der Waals surface area contributed by atoms with E-state index in [0.717, 1.165) is 55.3 Å². The van der Waals surface area contributed by atoms with E-state index < -0.39 is 0 Å². The largest absolute Gasteiger partial charge is 0.459 e. The van der Waals surface area contributed by atoms with Gasteiger partial charge in [0.2, 0.25) is 0 Å². The molecule has 6 bridgehead atoms. The molecule has 14 atom stereocenters. The van der Waals surface area contributed by atoms with Crippen LogP contribution >= 0.6 is 0 Å². The molecule has 14 unspecified atom stereocenters. The van der Waals surface area contributed by atoms with Crippen LogP contribution in [0.5, 0.6) is 0 Å². The number of esters is 1. The van der Waals surface area contributed by atoms with Crippen LogP contribution in [-0.2, 0) is 14.3 Å². The second-order valence-corrected chi connectivity index (χ2v) is 12.8. The average Bonchev–Trinajstić information content (AvgIpc) is 3.59. The molecular weight excluding hydrogens is 384 g/mol. The highest BCUT2D eigenvalue weighted by Crippen LogP contribution is 2.71. The van der Waals surface area contributed by atoms with Crippen molar-refractivity contribution >= 4 is 5.97 Å². The molecule has 3 heteroatoms.